The lowest BCUT2D eigenvalue weighted by Gasteiger charge is -2.58. The molecule has 2 unspecified atom stereocenters. The summed E-state index contributed by atoms with van der Waals surface area (Å²) in [4.78, 5) is 5.08. The first kappa shape index (κ1) is 10.1. The zero-order valence-corrected chi connectivity index (χ0v) is 10.3. The normalized spacial score (nSPS) is 29.6. The van der Waals surface area contributed by atoms with Crippen LogP contribution >= 0.6 is 0 Å². The van der Waals surface area contributed by atoms with Crippen LogP contribution in [0.5, 0.6) is 0 Å². The highest BCUT2D eigenvalue weighted by Crippen LogP contribution is 2.35. The van der Waals surface area contributed by atoms with Crippen molar-refractivity contribution in [3.8, 4) is 0 Å². The van der Waals surface area contributed by atoms with Crippen molar-refractivity contribution in [2.45, 2.75) is 38.4 Å². The Balaban J connectivity index is 1.71. The Morgan fingerprint density at radius 3 is 2.50 bits per heavy atom. The van der Waals surface area contributed by atoms with Crippen molar-refractivity contribution >= 4 is 5.82 Å². The van der Waals surface area contributed by atoms with E-state index in [0.29, 0.717) is 6.04 Å². The van der Waals surface area contributed by atoms with Crippen LogP contribution in [0.4, 0.5) is 5.82 Å². The molecule has 1 aromatic rings. The monoisotopic (exact) mass is 220 g/mol. The van der Waals surface area contributed by atoms with E-state index in [1.165, 1.54) is 6.42 Å². The number of hydrogen-bond acceptors (Lipinski definition) is 3. The number of piperidine rings is 1. The van der Waals surface area contributed by atoms with Gasteiger partial charge in [0, 0.05) is 50.5 Å². The SMILES string of the molecule is CC(C)N1C2CC1CN(c1ccn(C)n1)C2. The lowest BCUT2D eigenvalue weighted by atomic mass is 9.86. The third-order valence-corrected chi connectivity index (χ3v) is 3.87. The standard InChI is InChI=1S/C12H20N4/c1-9(2)16-10-6-11(16)8-15(7-10)12-4-5-14(3)13-12/h4-5,9-11H,6-8H2,1-3H3. The summed E-state index contributed by atoms with van der Waals surface area (Å²) in [6.45, 7) is 6.89. The van der Waals surface area contributed by atoms with Gasteiger partial charge in [0.15, 0.2) is 5.82 Å². The second kappa shape index (κ2) is 3.48. The Morgan fingerprint density at radius 2 is 2.00 bits per heavy atom. The van der Waals surface area contributed by atoms with Crippen LogP contribution in [-0.4, -0.2) is 45.9 Å². The Morgan fingerprint density at radius 1 is 1.31 bits per heavy atom. The maximum absolute atomic E-state index is 4.48. The zero-order chi connectivity index (χ0) is 11.3. The summed E-state index contributed by atoms with van der Waals surface area (Å²) in [6.07, 6.45) is 3.40. The van der Waals surface area contributed by atoms with Crippen LogP contribution in [-0.2, 0) is 7.05 Å². The molecule has 3 saturated heterocycles. The first-order valence-electron chi connectivity index (χ1n) is 6.17. The van der Waals surface area contributed by atoms with Gasteiger partial charge < -0.3 is 4.90 Å². The van der Waals surface area contributed by atoms with Crippen molar-refractivity contribution in [2.75, 3.05) is 18.0 Å². The van der Waals surface area contributed by atoms with Crippen molar-refractivity contribution in [3.63, 3.8) is 0 Å². The molecule has 3 aliphatic rings. The first-order chi connectivity index (χ1) is 7.65. The zero-order valence-electron chi connectivity index (χ0n) is 10.3. The van der Waals surface area contributed by atoms with E-state index < -0.39 is 0 Å². The third kappa shape index (κ3) is 1.44. The molecular weight excluding hydrogens is 200 g/mol. The van der Waals surface area contributed by atoms with Crippen LogP contribution in [0.25, 0.3) is 0 Å². The molecule has 0 N–H and O–H groups in total. The number of hydrogen-bond donors (Lipinski definition) is 0. The van der Waals surface area contributed by atoms with Crippen molar-refractivity contribution in [2.24, 2.45) is 7.05 Å². The average Bonchev–Trinajstić information content (AvgIpc) is 2.64. The molecule has 0 saturated carbocycles. The summed E-state index contributed by atoms with van der Waals surface area (Å²) >= 11 is 0. The molecule has 88 valence electrons. The number of nitrogens with zero attached hydrogens (tertiary/aromatic N) is 4. The van der Waals surface area contributed by atoms with Gasteiger partial charge in [0.2, 0.25) is 0 Å². The van der Waals surface area contributed by atoms with E-state index in [9.17, 15) is 0 Å². The van der Waals surface area contributed by atoms with Gasteiger partial charge in [-0.1, -0.05) is 0 Å². The number of piperazine rings is 1. The van der Waals surface area contributed by atoms with Gasteiger partial charge in [-0.25, -0.2) is 0 Å². The minimum absolute atomic E-state index is 0.689. The molecule has 2 bridgehead atoms. The topological polar surface area (TPSA) is 24.3 Å². The number of aromatic nitrogens is 2. The first-order valence-corrected chi connectivity index (χ1v) is 6.17. The predicted octanol–water partition coefficient (Wildman–Crippen LogP) is 1.09. The lowest BCUT2D eigenvalue weighted by molar-refractivity contribution is -0.0273. The predicted molar refractivity (Wildman–Crippen MR) is 64.6 cm³/mol. The molecule has 0 spiro atoms. The second-order valence-corrected chi connectivity index (χ2v) is 5.34. The molecule has 4 rings (SSSR count). The van der Waals surface area contributed by atoms with Gasteiger partial charge in [0.1, 0.15) is 0 Å². The fourth-order valence-corrected chi connectivity index (χ4v) is 3.24. The molecule has 4 heteroatoms. The summed E-state index contributed by atoms with van der Waals surface area (Å²) < 4.78 is 1.88. The molecule has 0 radical (unpaired) electrons. The minimum atomic E-state index is 0.689. The van der Waals surface area contributed by atoms with Crippen LogP contribution < -0.4 is 4.90 Å². The summed E-state index contributed by atoms with van der Waals surface area (Å²) in [6, 6.07) is 4.31. The van der Waals surface area contributed by atoms with Crippen LogP contribution in [0, 0.1) is 0 Å². The van der Waals surface area contributed by atoms with E-state index in [1.807, 2.05) is 17.9 Å². The number of anilines is 1. The fraction of sp³-hybridized carbons (Fsp3) is 0.750. The quantitative estimate of drug-likeness (QED) is 0.745. The number of rotatable bonds is 2. The third-order valence-electron chi connectivity index (χ3n) is 3.87. The Hall–Kier alpha value is -1.03. The molecule has 3 fully saturated rings. The Kier molecular flexibility index (Phi) is 2.21. The van der Waals surface area contributed by atoms with E-state index in [0.717, 1.165) is 31.0 Å². The van der Waals surface area contributed by atoms with E-state index in [4.69, 9.17) is 0 Å². The molecule has 16 heavy (non-hydrogen) atoms. The number of aryl methyl sites for hydroxylation is 1. The summed E-state index contributed by atoms with van der Waals surface area (Å²) in [5.41, 5.74) is 0. The van der Waals surface area contributed by atoms with E-state index in [2.05, 4.69) is 34.8 Å². The molecule has 3 aliphatic heterocycles. The molecule has 4 nitrogen and oxygen atoms in total. The van der Waals surface area contributed by atoms with Crippen LogP contribution in [0.1, 0.15) is 20.3 Å². The summed E-state index contributed by atoms with van der Waals surface area (Å²) in [5.74, 6) is 1.14. The maximum Gasteiger partial charge on any atom is 0.150 e. The van der Waals surface area contributed by atoms with Crippen LogP contribution in [0.15, 0.2) is 12.3 Å². The minimum Gasteiger partial charge on any atom is -0.352 e. The van der Waals surface area contributed by atoms with Crippen LogP contribution in [0.2, 0.25) is 0 Å². The highest BCUT2D eigenvalue weighted by Gasteiger charge is 2.45. The molecule has 1 aromatic heterocycles. The van der Waals surface area contributed by atoms with E-state index >= 15 is 0 Å². The van der Waals surface area contributed by atoms with E-state index in [-0.39, 0.29) is 0 Å². The van der Waals surface area contributed by atoms with Gasteiger partial charge in [-0.15, -0.1) is 0 Å². The van der Waals surface area contributed by atoms with Crippen molar-refractivity contribution in [1.29, 1.82) is 0 Å². The molecule has 0 aliphatic carbocycles. The smallest absolute Gasteiger partial charge is 0.150 e. The van der Waals surface area contributed by atoms with Crippen molar-refractivity contribution < 1.29 is 0 Å². The van der Waals surface area contributed by atoms with Gasteiger partial charge >= 0.3 is 0 Å². The molecular formula is C12H20N4. The van der Waals surface area contributed by atoms with Gasteiger partial charge in [-0.3, -0.25) is 9.58 Å². The number of fused-ring (bicyclic) bond motifs is 2. The molecule has 4 heterocycles. The highest BCUT2D eigenvalue weighted by molar-refractivity contribution is 5.40. The summed E-state index contributed by atoms with van der Waals surface area (Å²) in [7, 11) is 1.98. The van der Waals surface area contributed by atoms with Gasteiger partial charge in [-0.05, 0) is 20.3 Å². The molecule has 2 atom stereocenters. The summed E-state index contributed by atoms with van der Waals surface area (Å²) in [5, 5.41) is 4.48. The lowest BCUT2D eigenvalue weighted by Crippen LogP contribution is -2.70. The molecule has 0 aromatic carbocycles. The Bertz CT molecular complexity index is 372. The Labute approximate surface area is 96.8 Å². The van der Waals surface area contributed by atoms with Crippen LogP contribution in [0.3, 0.4) is 0 Å². The molecule has 0 amide bonds. The van der Waals surface area contributed by atoms with Crippen molar-refractivity contribution in [1.82, 2.24) is 14.7 Å². The van der Waals surface area contributed by atoms with Gasteiger partial charge in [-0.2, -0.15) is 5.10 Å². The maximum atomic E-state index is 4.48. The van der Waals surface area contributed by atoms with Gasteiger partial charge in [0.05, 0.1) is 0 Å². The highest BCUT2D eigenvalue weighted by atomic mass is 15.4. The van der Waals surface area contributed by atoms with E-state index in [1.54, 1.807) is 0 Å². The van der Waals surface area contributed by atoms with Crippen molar-refractivity contribution in [3.05, 3.63) is 12.3 Å². The largest absolute Gasteiger partial charge is 0.352 e. The second-order valence-electron chi connectivity index (χ2n) is 5.34. The fourth-order valence-electron chi connectivity index (χ4n) is 3.24. The van der Waals surface area contributed by atoms with Gasteiger partial charge in [0.25, 0.3) is 0 Å². The average molecular weight is 220 g/mol.